The van der Waals surface area contributed by atoms with Crippen molar-refractivity contribution >= 4 is 22.8 Å². The molecule has 0 aromatic rings. The van der Waals surface area contributed by atoms with E-state index in [1.54, 1.807) is 6.92 Å². The number of Topliss-reactive ketones (excluding diaryl/α,β-unsaturated/α-hetero) is 1. The van der Waals surface area contributed by atoms with Crippen molar-refractivity contribution in [1.82, 2.24) is 0 Å². The van der Waals surface area contributed by atoms with Gasteiger partial charge in [-0.1, -0.05) is 6.92 Å². The maximum atomic E-state index is 10.3. The second-order valence-corrected chi connectivity index (χ2v) is 1.79. The number of ketones is 1. The molecular formula is C4H7NO2S. The maximum Gasteiger partial charge on any atom is 0.269 e. The molecule has 3 nitrogen and oxygen atoms in total. The van der Waals surface area contributed by atoms with Gasteiger partial charge in [0, 0.05) is 6.42 Å². The monoisotopic (exact) mass is 133 g/mol. The molecule has 0 saturated heterocycles. The molecule has 0 heterocycles. The van der Waals surface area contributed by atoms with Crippen LogP contribution in [-0.2, 0) is 9.59 Å². The minimum Gasteiger partial charge on any atom is -0.290 e. The third kappa shape index (κ3) is 2.09. The third-order valence-corrected chi connectivity index (χ3v) is 1.10. The average molecular weight is 133 g/mol. The number of nitrogens with two attached hydrogens (primary N) is 1. The fourth-order valence-corrected chi connectivity index (χ4v) is 0.486. The molecule has 0 aliphatic heterocycles. The summed E-state index contributed by atoms with van der Waals surface area (Å²) in [6.07, 6.45) is 0.239. The summed E-state index contributed by atoms with van der Waals surface area (Å²) in [5, 5.41) is 4.23. The Hall–Kier alpha value is -0.350. The molecule has 0 radical (unpaired) electrons. The van der Waals surface area contributed by atoms with E-state index in [0.717, 1.165) is 0 Å². The van der Waals surface area contributed by atoms with E-state index in [-0.39, 0.29) is 6.42 Å². The highest BCUT2D eigenvalue weighted by molar-refractivity contribution is 8.13. The summed E-state index contributed by atoms with van der Waals surface area (Å²) < 4.78 is 0. The number of hydrogen-bond donors (Lipinski definition) is 1. The van der Waals surface area contributed by atoms with Crippen LogP contribution in [0.15, 0.2) is 0 Å². The van der Waals surface area contributed by atoms with Gasteiger partial charge >= 0.3 is 0 Å². The van der Waals surface area contributed by atoms with Gasteiger partial charge in [0.15, 0.2) is 0 Å². The average Bonchev–Trinajstić information content (AvgIpc) is 1.84. The standard InChI is InChI=1S/C4H7NO2S/c1-2-3(6)4(7)8-5/h2,5H2,1H3. The first-order valence-corrected chi connectivity index (χ1v) is 3.04. The zero-order valence-electron chi connectivity index (χ0n) is 4.51. The molecule has 46 valence electrons. The predicted molar refractivity (Wildman–Crippen MR) is 32.1 cm³/mol. The fraction of sp³-hybridized carbons (Fsp3) is 0.500. The van der Waals surface area contributed by atoms with E-state index >= 15 is 0 Å². The summed E-state index contributed by atoms with van der Waals surface area (Å²) in [7, 11) is 0. The SMILES string of the molecule is CCC(=O)C(=O)SN. The van der Waals surface area contributed by atoms with Crippen LogP contribution >= 0.6 is 11.9 Å². The van der Waals surface area contributed by atoms with E-state index in [0.29, 0.717) is 11.9 Å². The molecule has 8 heavy (non-hydrogen) atoms. The van der Waals surface area contributed by atoms with Crippen molar-refractivity contribution in [1.29, 1.82) is 0 Å². The molecule has 0 amide bonds. The normalized spacial score (nSPS) is 8.75. The summed E-state index contributed by atoms with van der Waals surface area (Å²) in [6, 6.07) is 0. The van der Waals surface area contributed by atoms with Crippen molar-refractivity contribution in [3.05, 3.63) is 0 Å². The molecule has 0 aliphatic carbocycles. The Morgan fingerprint density at radius 2 is 2.12 bits per heavy atom. The lowest BCUT2D eigenvalue weighted by molar-refractivity contribution is -0.131. The van der Waals surface area contributed by atoms with Gasteiger partial charge in [0.2, 0.25) is 5.78 Å². The molecule has 0 unspecified atom stereocenters. The quantitative estimate of drug-likeness (QED) is 0.428. The molecule has 0 rings (SSSR count). The van der Waals surface area contributed by atoms with Gasteiger partial charge in [-0.05, 0) is 11.9 Å². The molecule has 0 bridgehead atoms. The first kappa shape index (κ1) is 7.65. The third-order valence-electron chi connectivity index (χ3n) is 0.656. The minimum absolute atomic E-state index is 0.239. The number of rotatable bonds is 2. The van der Waals surface area contributed by atoms with E-state index in [1.807, 2.05) is 0 Å². The highest BCUT2D eigenvalue weighted by Gasteiger charge is 2.07. The topological polar surface area (TPSA) is 60.2 Å². The predicted octanol–water partition coefficient (Wildman–Crippen LogP) is 0.0990. The molecule has 0 spiro atoms. The Morgan fingerprint density at radius 1 is 1.62 bits per heavy atom. The van der Waals surface area contributed by atoms with Gasteiger partial charge in [-0.3, -0.25) is 14.7 Å². The molecule has 0 aromatic carbocycles. The van der Waals surface area contributed by atoms with Crippen molar-refractivity contribution in [2.24, 2.45) is 5.14 Å². The van der Waals surface area contributed by atoms with Crippen LogP contribution in [0.5, 0.6) is 0 Å². The Labute approximate surface area is 51.8 Å². The molecule has 2 N–H and O–H groups in total. The second kappa shape index (κ2) is 3.63. The van der Waals surface area contributed by atoms with Gasteiger partial charge < -0.3 is 0 Å². The first-order chi connectivity index (χ1) is 3.72. The van der Waals surface area contributed by atoms with Crippen molar-refractivity contribution in [2.45, 2.75) is 13.3 Å². The van der Waals surface area contributed by atoms with Crippen LogP contribution in [0.4, 0.5) is 0 Å². The minimum atomic E-state index is -0.562. The molecule has 0 saturated carbocycles. The lowest BCUT2D eigenvalue weighted by atomic mass is 10.3. The van der Waals surface area contributed by atoms with Crippen LogP contribution < -0.4 is 5.14 Å². The van der Waals surface area contributed by atoms with Crippen LogP contribution in [0.25, 0.3) is 0 Å². The molecule has 0 atom stereocenters. The lowest BCUT2D eigenvalue weighted by Crippen LogP contribution is -2.09. The largest absolute Gasteiger partial charge is 0.290 e. The summed E-state index contributed by atoms with van der Waals surface area (Å²) in [6.45, 7) is 1.62. The summed E-state index contributed by atoms with van der Waals surface area (Å²) >= 11 is 0.469. The summed E-state index contributed by atoms with van der Waals surface area (Å²) in [4.78, 5) is 20.5. The second-order valence-electron chi connectivity index (χ2n) is 1.18. The first-order valence-electron chi connectivity index (χ1n) is 2.16. The molecule has 0 aromatic heterocycles. The van der Waals surface area contributed by atoms with Gasteiger partial charge in [0.25, 0.3) is 5.12 Å². The van der Waals surface area contributed by atoms with E-state index in [2.05, 4.69) is 0 Å². The van der Waals surface area contributed by atoms with Crippen molar-refractivity contribution in [3.63, 3.8) is 0 Å². The van der Waals surface area contributed by atoms with Gasteiger partial charge in [-0.25, -0.2) is 0 Å². The molecule has 4 heteroatoms. The van der Waals surface area contributed by atoms with E-state index in [9.17, 15) is 9.59 Å². The number of hydrogen-bond acceptors (Lipinski definition) is 4. The number of carbonyl (C=O) groups is 2. The lowest BCUT2D eigenvalue weighted by Gasteiger charge is -1.86. The van der Waals surface area contributed by atoms with Crippen molar-refractivity contribution < 1.29 is 9.59 Å². The van der Waals surface area contributed by atoms with Crippen LogP contribution in [0.3, 0.4) is 0 Å². The maximum absolute atomic E-state index is 10.3. The zero-order chi connectivity index (χ0) is 6.57. The summed E-state index contributed by atoms with van der Waals surface area (Å²) in [5.41, 5.74) is 0. The smallest absolute Gasteiger partial charge is 0.269 e. The van der Waals surface area contributed by atoms with Gasteiger partial charge in [0.1, 0.15) is 0 Å². The summed E-state index contributed by atoms with van der Waals surface area (Å²) in [5.74, 6) is -0.419. The van der Waals surface area contributed by atoms with Crippen LogP contribution in [-0.4, -0.2) is 10.9 Å². The Kier molecular flexibility index (Phi) is 3.47. The van der Waals surface area contributed by atoms with E-state index in [1.165, 1.54) is 0 Å². The Bertz CT molecular complexity index is 98.6. The number of carbonyl (C=O) groups excluding carboxylic acids is 2. The zero-order valence-corrected chi connectivity index (χ0v) is 5.33. The highest BCUT2D eigenvalue weighted by atomic mass is 32.2. The van der Waals surface area contributed by atoms with Crippen molar-refractivity contribution in [2.75, 3.05) is 0 Å². The molecular weight excluding hydrogens is 126 g/mol. The Morgan fingerprint density at radius 3 is 2.25 bits per heavy atom. The van der Waals surface area contributed by atoms with Crippen LogP contribution in [0.2, 0.25) is 0 Å². The molecule has 0 fully saturated rings. The van der Waals surface area contributed by atoms with E-state index in [4.69, 9.17) is 5.14 Å². The van der Waals surface area contributed by atoms with Crippen LogP contribution in [0.1, 0.15) is 13.3 Å². The fourth-order valence-electron chi connectivity index (χ4n) is 0.210. The molecule has 0 aliphatic rings. The van der Waals surface area contributed by atoms with Gasteiger partial charge in [-0.2, -0.15) is 0 Å². The van der Waals surface area contributed by atoms with Crippen LogP contribution in [0, 0.1) is 0 Å². The van der Waals surface area contributed by atoms with Gasteiger partial charge in [-0.15, -0.1) is 0 Å². The van der Waals surface area contributed by atoms with E-state index < -0.39 is 10.9 Å². The Balaban J connectivity index is 3.64. The highest BCUT2D eigenvalue weighted by Crippen LogP contribution is 1.92. The van der Waals surface area contributed by atoms with Gasteiger partial charge in [0.05, 0.1) is 0 Å². The van der Waals surface area contributed by atoms with Crippen molar-refractivity contribution in [3.8, 4) is 0 Å².